The number of fused-ring (bicyclic) bond motifs is 2. The molecule has 2 N–H and O–H groups in total. The van der Waals surface area contributed by atoms with Gasteiger partial charge in [-0.2, -0.15) is 0 Å². The molecule has 1 fully saturated rings. The largest absolute Gasteiger partial charge is 0.482 e. The second kappa shape index (κ2) is 8.97. The van der Waals surface area contributed by atoms with Crippen LogP contribution >= 0.6 is 11.8 Å². The molecule has 1 aromatic carbocycles. The van der Waals surface area contributed by atoms with E-state index in [4.69, 9.17) is 14.9 Å². The van der Waals surface area contributed by atoms with Gasteiger partial charge in [0.25, 0.3) is 0 Å². The molecule has 38 heavy (non-hydrogen) atoms. The lowest BCUT2D eigenvalue weighted by Gasteiger charge is -2.35. The molecule has 0 amide bonds. The minimum absolute atomic E-state index is 0.0526. The third-order valence-corrected chi connectivity index (χ3v) is 8.78. The number of ether oxygens (including phenoxy) is 1. The quantitative estimate of drug-likeness (QED) is 0.354. The van der Waals surface area contributed by atoms with E-state index >= 15 is 4.39 Å². The minimum Gasteiger partial charge on any atom is -0.482 e. The lowest BCUT2D eigenvalue weighted by atomic mass is 9.84. The summed E-state index contributed by atoms with van der Waals surface area (Å²) in [7, 11) is 0. The van der Waals surface area contributed by atoms with Crippen LogP contribution in [0.15, 0.2) is 52.6 Å². The molecule has 1 saturated carbocycles. The van der Waals surface area contributed by atoms with Gasteiger partial charge in [-0.1, -0.05) is 11.8 Å². The van der Waals surface area contributed by atoms with E-state index in [0.29, 0.717) is 40.4 Å². The summed E-state index contributed by atoms with van der Waals surface area (Å²) in [4.78, 5) is 21.6. The van der Waals surface area contributed by atoms with E-state index in [0.717, 1.165) is 6.07 Å². The van der Waals surface area contributed by atoms with Crippen molar-refractivity contribution in [3.05, 3.63) is 77.5 Å². The highest BCUT2D eigenvalue weighted by Crippen LogP contribution is 2.67. The summed E-state index contributed by atoms with van der Waals surface area (Å²) in [6.45, 7) is 3.29. The first kappa shape index (κ1) is 24.7. The summed E-state index contributed by atoms with van der Waals surface area (Å²) in [5, 5.41) is 0.169. The SMILES string of the molecule is CC(F)[C@]12C[C@H]1[C@@](C)(c1cc(Cc3ncnc4cc(OCc5ncco5)cnc34)cc(F)c1F)N=C(N)S2. The van der Waals surface area contributed by atoms with Crippen LogP contribution in [0.4, 0.5) is 13.2 Å². The van der Waals surface area contributed by atoms with E-state index in [-0.39, 0.29) is 29.7 Å². The number of thioether (sulfide) groups is 1. The number of oxazole rings is 1. The van der Waals surface area contributed by atoms with Crippen LogP contribution in [0.3, 0.4) is 0 Å². The van der Waals surface area contributed by atoms with Crippen molar-refractivity contribution in [3.63, 3.8) is 0 Å². The highest BCUT2D eigenvalue weighted by molar-refractivity contribution is 8.15. The molecule has 0 bridgehead atoms. The van der Waals surface area contributed by atoms with Crippen molar-refractivity contribution >= 4 is 28.0 Å². The lowest BCUT2D eigenvalue weighted by molar-refractivity contribution is 0.262. The van der Waals surface area contributed by atoms with Gasteiger partial charge >= 0.3 is 0 Å². The Morgan fingerprint density at radius 2 is 2.05 bits per heavy atom. The highest BCUT2D eigenvalue weighted by atomic mass is 32.2. The molecule has 3 aromatic heterocycles. The Balaban J connectivity index is 1.32. The zero-order valence-corrected chi connectivity index (χ0v) is 21.3. The predicted molar refractivity (Wildman–Crippen MR) is 135 cm³/mol. The van der Waals surface area contributed by atoms with Crippen molar-refractivity contribution in [3.8, 4) is 5.75 Å². The van der Waals surface area contributed by atoms with Gasteiger partial charge in [0.05, 0.1) is 33.9 Å². The molecule has 0 radical (unpaired) electrons. The van der Waals surface area contributed by atoms with Crippen LogP contribution in [0.1, 0.15) is 43.0 Å². The number of benzene rings is 1. The molecule has 4 atom stereocenters. The van der Waals surface area contributed by atoms with E-state index in [1.165, 1.54) is 43.7 Å². The van der Waals surface area contributed by atoms with Crippen LogP contribution in [0, 0.1) is 17.6 Å². The molecule has 4 aromatic rings. The monoisotopic (exact) mass is 540 g/mol. The van der Waals surface area contributed by atoms with Gasteiger partial charge in [-0.05, 0) is 38.0 Å². The first-order chi connectivity index (χ1) is 18.2. The van der Waals surface area contributed by atoms with Crippen molar-refractivity contribution in [2.45, 2.75) is 49.8 Å². The van der Waals surface area contributed by atoms with Crippen LogP contribution in [0.25, 0.3) is 11.0 Å². The van der Waals surface area contributed by atoms with Gasteiger partial charge in [-0.25, -0.2) is 33.1 Å². The van der Waals surface area contributed by atoms with Gasteiger partial charge in [0, 0.05) is 24.0 Å². The van der Waals surface area contributed by atoms with Crippen LogP contribution in [-0.4, -0.2) is 36.0 Å². The van der Waals surface area contributed by atoms with Gasteiger partial charge < -0.3 is 14.9 Å². The Hall–Kier alpha value is -3.67. The van der Waals surface area contributed by atoms with Crippen LogP contribution < -0.4 is 10.5 Å². The average Bonchev–Trinajstić information content (AvgIpc) is 3.42. The third-order valence-electron chi connectivity index (χ3n) is 7.32. The molecule has 6 rings (SSSR count). The van der Waals surface area contributed by atoms with E-state index < -0.39 is 28.1 Å². The molecular formula is C26H23F3N6O2S. The molecule has 0 spiro atoms. The summed E-state index contributed by atoms with van der Waals surface area (Å²) < 4.78 is 54.7. The fraction of sp³-hybridized carbons (Fsp3) is 0.346. The van der Waals surface area contributed by atoms with Crippen molar-refractivity contribution in [2.75, 3.05) is 0 Å². The lowest BCUT2D eigenvalue weighted by Crippen LogP contribution is -2.39. The number of alkyl halides is 1. The third kappa shape index (κ3) is 4.07. The van der Waals surface area contributed by atoms with E-state index in [2.05, 4.69) is 24.9 Å². The summed E-state index contributed by atoms with van der Waals surface area (Å²) in [6.07, 6.45) is 5.34. The minimum atomic E-state index is -1.20. The normalized spacial score (nSPS) is 25.1. The second-order valence-corrected chi connectivity index (χ2v) is 11.1. The van der Waals surface area contributed by atoms with Crippen molar-refractivity contribution in [1.82, 2.24) is 19.9 Å². The smallest absolute Gasteiger partial charge is 0.232 e. The van der Waals surface area contributed by atoms with Gasteiger partial charge in [-0.15, -0.1) is 0 Å². The van der Waals surface area contributed by atoms with Crippen molar-refractivity contribution in [2.24, 2.45) is 16.6 Å². The molecule has 1 unspecified atom stereocenters. The number of pyridine rings is 1. The van der Waals surface area contributed by atoms with E-state index in [1.807, 2.05) is 0 Å². The zero-order valence-electron chi connectivity index (χ0n) is 20.5. The Labute approximate surface area is 220 Å². The van der Waals surface area contributed by atoms with E-state index in [1.54, 1.807) is 19.1 Å². The molecule has 12 heteroatoms. The van der Waals surface area contributed by atoms with Gasteiger partial charge in [-0.3, -0.25) is 4.99 Å². The molecule has 2 aliphatic rings. The Kier molecular flexibility index (Phi) is 5.82. The topological polar surface area (TPSA) is 112 Å². The standard InChI is InChI=1S/C26H23F3N6O2S/c1-13(27)26-9-20(26)25(2,35-24(30)38-26)16-5-14(6-17(28)22(16)29)7-18-23-19(34-12-33-18)8-15(10-32-23)37-11-21-31-3-4-36-21/h3-6,8,10,12-13,20H,7,9,11H2,1-2H3,(H2,30,35)/t13?,20-,25+,26+/m0/s1. The van der Waals surface area contributed by atoms with Crippen LogP contribution in [0.5, 0.6) is 5.75 Å². The first-order valence-corrected chi connectivity index (χ1v) is 12.8. The van der Waals surface area contributed by atoms with Gasteiger partial charge in [0.15, 0.2) is 23.4 Å². The Morgan fingerprint density at radius 3 is 2.82 bits per heavy atom. The molecule has 0 saturated heterocycles. The summed E-state index contributed by atoms with van der Waals surface area (Å²) >= 11 is 1.18. The Morgan fingerprint density at radius 1 is 1.21 bits per heavy atom. The number of aliphatic imine (C=N–C) groups is 1. The maximum atomic E-state index is 15.2. The highest BCUT2D eigenvalue weighted by Gasteiger charge is 2.69. The number of hydrogen-bond acceptors (Lipinski definition) is 9. The number of hydrogen-bond donors (Lipinski definition) is 1. The fourth-order valence-corrected chi connectivity index (χ4v) is 6.71. The fourth-order valence-electron chi connectivity index (χ4n) is 5.30. The Bertz CT molecular complexity index is 1570. The summed E-state index contributed by atoms with van der Waals surface area (Å²) in [5.41, 5.74) is 6.92. The number of amidine groups is 1. The second-order valence-electron chi connectivity index (χ2n) is 9.72. The number of nitrogens with two attached hydrogens (primary N) is 1. The van der Waals surface area contributed by atoms with Crippen LogP contribution in [-0.2, 0) is 18.6 Å². The molecule has 196 valence electrons. The molecular weight excluding hydrogens is 517 g/mol. The number of aromatic nitrogens is 4. The zero-order chi connectivity index (χ0) is 26.7. The number of nitrogens with zero attached hydrogens (tertiary/aromatic N) is 5. The molecule has 4 heterocycles. The van der Waals surface area contributed by atoms with Crippen molar-refractivity contribution in [1.29, 1.82) is 0 Å². The van der Waals surface area contributed by atoms with Gasteiger partial charge in [0.1, 0.15) is 30.0 Å². The molecule has 1 aliphatic carbocycles. The van der Waals surface area contributed by atoms with Gasteiger partial charge in [0.2, 0.25) is 5.89 Å². The predicted octanol–water partition coefficient (Wildman–Crippen LogP) is 4.85. The number of rotatable bonds is 7. The molecule has 8 nitrogen and oxygen atoms in total. The summed E-state index contributed by atoms with van der Waals surface area (Å²) in [5.74, 6) is -1.45. The average molecular weight is 541 g/mol. The molecule has 1 aliphatic heterocycles. The number of halogens is 3. The van der Waals surface area contributed by atoms with Crippen molar-refractivity contribution < 1.29 is 22.3 Å². The summed E-state index contributed by atoms with van der Waals surface area (Å²) in [6, 6.07) is 4.40. The van der Waals surface area contributed by atoms with Crippen LogP contribution in [0.2, 0.25) is 0 Å². The maximum absolute atomic E-state index is 15.2. The first-order valence-electron chi connectivity index (χ1n) is 12.0. The van der Waals surface area contributed by atoms with E-state index in [9.17, 15) is 8.78 Å². The maximum Gasteiger partial charge on any atom is 0.232 e.